The van der Waals surface area contributed by atoms with E-state index in [0.29, 0.717) is 31.3 Å². The van der Waals surface area contributed by atoms with Crippen molar-refractivity contribution in [3.8, 4) is 22.8 Å². The highest BCUT2D eigenvalue weighted by molar-refractivity contribution is 5.89. The normalized spacial score (nSPS) is 15.7. The van der Waals surface area contributed by atoms with Crippen molar-refractivity contribution in [1.82, 2.24) is 4.57 Å². The molecule has 1 saturated carbocycles. The van der Waals surface area contributed by atoms with Gasteiger partial charge in [-0.2, -0.15) is 0 Å². The minimum atomic E-state index is -0.588. The zero-order valence-electron chi connectivity index (χ0n) is 17.7. The Labute approximate surface area is 175 Å². The van der Waals surface area contributed by atoms with Gasteiger partial charge in [-0.05, 0) is 43.9 Å². The van der Waals surface area contributed by atoms with Gasteiger partial charge in [-0.1, -0.05) is 0 Å². The number of hydrogen-bond acceptors (Lipinski definition) is 6. The van der Waals surface area contributed by atoms with Crippen molar-refractivity contribution in [3.63, 3.8) is 0 Å². The second-order valence-corrected chi connectivity index (χ2v) is 7.98. The second kappa shape index (κ2) is 8.14. The molecule has 2 heterocycles. The Kier molecular flexibility index (Phi) is 5.56. The number of aryl methyl sites for hydroxylation is 2. The van der Waals surface area contributed by atoms with Gasteiger partial charge < -0.3 is 23.5 Å². The van der Waals surface area contributed by atoms with Crippen LogP contribution in [-0.2, 0) is 22.4 Å². The molecule has 1 fully saturated rings. The lowest BCUT2D eigenvalue weighted by molar-refractivity contribution is 0.0524. The average Bonchev–Trinajstić information content (AvgIpc) is 3.51. The molecule has 1 aromatic carbocycles. The van der Waals surface area contributed by atoms with Crippen LogP contribution in [0.15, 0.2) is 29.2 Å². The molecule has 30 heavy (non-hydrogen) atoms. The van der Waals surface area contributed by atoms with E-state index in [2.05, 4.69) is 0 Å². The van der Waals surface area contributed by atoms with Gasteiger partial charge in [0.2, 0.25) is 0 Å². The largest absolute Gasteiger partial charge is 0.493 e. The molecule has 0 amide bonds. The molecule has 0 atom stereocenters. The van der Waals surface area contributed by atoms with Crippen LogP contribution < -0.4 is 14.9 Å². The fourth-order valence-corrected chi connectivity index (χ4v) is 3.96. The smallest absolute Gasteiger partial charge is 0.343 e. The Hall–Kier alpha value is -2.80. The predicted octanol–water partition coefficient (Wildman–Crippen LogP) is 3.06. The first-order valence-electron chi connectivity index (χ1n) is 10.2. The lowest BCUT2D eigenvalue weighted by Gasteiger charge is -2.25. The van der Waals surface area contributed by atoms with Gasteiger partial charge in [-0.25, -0.2) is 4.79 Å². The maximum Gasteiger partial charge on any atom is 0.343 e. The first-order valence-corrected chi connectivity index (χ1v) is 10.2. The lowest BCUT2D eigenvalue weighted by Crippen LogP contribution is -2.23. The van der Waals surface area contributed by atoms with E-state index in [1.807, 2.05) is 16.7 Å². The van der Waals surface area contributed by atoms with E-state index in [-0.39, 0.29) is 23.0 Å². The average molecular weight is 413 g/mol. The monoisotopic (exact) mass is 413 g/mol. The topological polar surface area (TPSA) is 76.0 Å². The van der Waals surface area contributed by atoms with Crippen LogP contribution in [0.2, 0.25) is 0 Å². The van der Waals surface area contributed by atoms with E-state index >= 15 is 0 Å². The van der Waals surface area contributed by atoms with Crippen molar-refractivity contribution in [2.24, 2.45) is 5.41 Å². The van der Waals surface area contributed by atoms with E-state index in [4.69, 9.17) is 18.9 Å². The molecule has 2 aliphatic rings. The molecule has 2 aromatic rings. The Balaban J connectivity index is 1.66. The Morgan fingerprint density at radius 2 is 1.93 bits per heavy atom. The number of carbonyl (C=O) groups is 1. The summed E-state index contributed by atoms with van der Waals surface area (Å²) >= 11 is 0. The van der Waals surface area contributed by atoms with Crippen molar-refractivity contribution in [2.45, 2.75) is 32.7 Å². The number of pyridine rings is 1. The Bertz CT molecular complexity index is 1020. The summed E-state index contributed by atoms with van der Waals surface area (Å²) in [6, 6.07) is 5.42. The van der Waals surface area contributed by atoms with Crippen molar-refractivity contribution in [3.05, 3.63) is 45.7 Å². The first-order chi connectivity index (χ1) is 14.5. The molecule has 0 N–H and O–H groups in total. The number of methoxy groups -OCH3 is 2. The molecule has 4 rings (SSSR count). The van der Waals surface area contributed by atoms with Gasteiger partial charge in [0.15, 0.2) is 16.9 Å². The van der Waals surface area contributed by atoms with Crippen LogP contribution in [-0.4, -0.2) is 44.6 Å². The van der Waals surface area contributed by atoms with Gasteiger partial charge in [-0.15, -0.1) is 0 Å². The molecular formula is C23H27NO6. The highest BCUT2D eigenvalue weighted by Crippen LogP contribution is 2.47. The van der Waals surface area contributed by atoms with E-state index in [9.17, 15) is 9.59 Å². The molecule has 0 radical (unpaired) electrons. The second-order valence-electron chi connectivity index (χ2n) is 7.98. The maximum absolute atomic E-state index is 12.5. The van der Waals surface area contributed by atoms with Crippen molar-refractivity contribution in [1.29, 1.82) is 0 Å². The third-order valence-corrected chi connectivity index (χ3v) is 5.85. The number of fused-ring (bicyclic) bond motifs is 3. The summed E-state index contributed by atoms with van der Waals surface area (Å²) in [5, 5.41) is 0. The molecule has 0 spiro atoms. The van der Waals surface area contributed by atoms with Crippen molar-refractivity contribution < 1.29 is 23.7 Å². The van der Waals surface area contributed by atoms with Gasteiger partial charge in [0.05, 0.1) is 32.6 Å². The summed E-state index contributed by atoms with van der Waals surface area (Å²) < 4.78 is 24.0. The van der Waals surface area contributed by atoms with Gasteiger partial charge in [-0.3, -0.25) is 4.79 Å². The van der Waals surface area contributed by atoms with E-state index in [1.165, 1.54) is 6.07 Å². The number of aromatic nitrogens is 1. The van der Waals surface area contributed by atoms with Crippen LogP contribution in [0.5, 0.6) is 11.5 Å². The number of benzene rings is 1. The first kappa shape index (κ1) is 20.5. The summed E-state index contributed by atoms with van der Waals surface area (Å²) in [5.74, 6) is 0.741. The maximum atomic E-state index is 12.5. The fourth-order valence-electron chi connectivity index (χ4n) is 3.96. The molecule has 1 aliphatic heterocycles. The van der Waals surface area contributed by atoms with E-state index < -0.39 is 5.97 Å². The zero-order valence-corrected chi connectivity index (χ0v) is 17.7. The molecule has 1 aliphatic carbocycles. The molecule has 1 aromatic heterocycles. The van der Waals surface area contributed by atoms with Crippen LogP contribution in [0, 0.1) is 5.41 Å². The standard InChI is InChI=1S/C23H27NO6/c1-4-29-22(26)17-12-24-8-5-15-9-21(30-14-23(6-7-23)13-27-2)20(28-3)10-16(15)18(24)11-19(17)25/h9-12H,4-8,13-14H2,1-3H3. The number of ether oxygens (including phenoxy) is 4. The molecule has 0 bridgehead atoms. The lowest BCUT2D eigenvalue weighted by atomic mass is 9.96. The van der Waals surface area contributed by atoms with Gasteiger partial charge in [0.25, 0.3) is 0 Å². The van der Waals surface area contributed by atoms with E-state index in [0.717, 1.165) is 36.1 Å². The Morgan fingerprint density at radius 3 is 2.60 bits per heavy atom. The fraction of sp³-hybridized carbons (Fsp3) is 0.478. The van der Waals surface area contributed by atoms with Crippen LogP contribution >= 0.6 is 0 Å². The quantitative estimate of drug-likeness (QED) is 0.619. The van der Waals surface area contributed by atoms with Gasteiger partial charge in [0, 0.05) is 36.9 Å². The number of esters is 1. The van der Waals surface area contributed by atoms with Gasteiger partial charge in [0.1, 0.15) is 5.56 Å². The molecule has 0 unspecified atom stereocenters. The number of rotatable bonds is 8. The predicted molar refractivity (Wildman–Crippen MR) is 111 cm³/mol. The SMILES string of the molecule is CCOC(=O)c1cn2c(cc1=O)-c1cc(OC)c(OCC3(COC)CC3)cc1CC2. The van der Waals surface area contributed by atoms with Crippen LogP contribution in [0.1, 0.15) is 35.7 Å². The summed E-state index contributed by atoms with van der Waals surface area (Å²) in [4.78, 5) is 24.6. The van der Waals surface area contributed by atoms with E-state index in [1.54, 1.807) is 27.3 Å². The summed E-state index contributed by atoms with van der Waals surface area (Å²) in [5.41, 5.74) is 2.59. The van der Waals surface area contributed by atoms with Gasteiger partial charge >= 0.3 is 5.97 Å². The zero-order chi connectivity index (χ0) is 21.3. The summed E-state index contributed by atoms with van der Waals surface area (Å²) in [6.45, 7) is 3.90. The van der Waals surface area contributed by atoms with Crippen LogP contribution in [0.3, 0.4) is 0 Å². The molecule has 7 nitrogen and oxygen atoms in total. The van der Waals surface area contributed by atoms with Crippen LogP contribution in [0.25, 0.3) is 11.3 Å². The minimum Gasteiger partial charge on any atom is -0.493 e. The van der Waals surface area contributed by atoms with Crippen molar-refractivity contribution >= 4 is 5.97 Å². The number of carbonyl (C=O) groups excluding carboxylic acids is 1. The molecule has 7 heteroatoms. The third-order valence-electron chi connectivity index (χ3n) is 5.85. The summed E-state index contributed by atoms with van der Waals surface area (Å²) in [7, 11) is 3.32. The highest BCUT2D eigenvalue weighted by Gasteiger charge is 2.43. The molecule has 0 saturated heterocycles. The third kappa shape index (κ3) is 3.81. The minimum absolute atomic E-state index is 0.0591. The number of nitrogens with zero attached hydrogens (tertiary/aromatic N) is 1. The summed E-state index contributed by atoms with van der Waals surface area (Å²) in [6.07, 6.45) is 4.56. The van der Waals surface area contributed by atoms with Crippen molar-refractivity contribution in [2.75, 3.05) is 34.0 Å². The number of hydrogen-bond donors (Lipinski definition) is 0. The Morgan fingerprint density at radius 1 is 1.13 bits per heavy atom. The molecular weight excluding hydrogens is 386 g/mol. The van der Waals surface area contributed by atoms with Crippen LogP contribution in [0.4, 0.5) is 0 Å². The molecule has 160 valence electrons. The highest BCUT2D eigenvalue weighted by atomic mass is 16.5.